The molecule has 7 nitrogen and oxygen atoms in total. The predicted molar refractivity (Wildman–Crippen MR) is 68.7 cm³/mol. The number of methoxy groups -OCH3 is 1. The molecule has 0 aliphatic carbocycles. The van der Waals surface area contributed by atoms with Crippen molar-refractivity contribution in [3.63, 3.8) is 0 Å². The minimum atomic E-state index is -0.574. The number of carbonyl (C=O) groups is 1. The molecule has 2 aromatic rings. The second-order valence-electron chi connectivity index (χ2n) is 3.70. The molecule has 0 radical (unpaired) electrons. The van der Waals surface area contributed by atoms with Crippen LogP contribution in [-0.2, 0) is 4.74 Å². The van der Waals surface area contributed by atoms with Crippen LogP contribution in [-0.4, -0.2) is 23.0 Å². The van der Waals surface area contributed by atoms with Crippen LogP contribution in [0.1, 0.15) is 10.4 Å². The number of nitrogens with zero attached hydrogens (tertiary/aromatic N) is 2. The summed E-state index contributed by atoms with van der Waals surface area (Å²) >= 11 is 0. The number of ether oxygens (including phenoxy) is 2. The summed E-state index contributed by atoms with van der Waals surface area (Å²) in [6.45, 7) is 0. The Morgan fingerprint density at radius 1 is 1.25 bits per heavy atom. The fourth-order valence-corrected chi connectivity index (χ4v) is 1.48. The molecule has 0 bridgehead atoms. The van der Waals surface area contributed by atoms with Gasteiger partial charge in [-0.25, -0.2) is 9.78 Å². The first kappa shape index (κ1) is 13.5. The van der Waals surface area contributed by atoms with Crippen molar-refractivity contribution in [1.29, 1.82) is 0 Å². The molecular formula is C13H10N2O5. The number of nitro groups is 1. The number of pyridine rings is 1. The highest BCUT2D eigenvalue weighted by Crippen LogP contribution is 2.25. The maximum absolute atomic E-state index is 11.5. The number of rotatable bonds is 4. The molecule has 20 heavy (non-hydrogen) atoms. The van der Waals surface area contributed by atoms with E-state index in [1.165, 1.54) is 43.6 Å². The second-order valence-corrected chi connectivity index (χ2v) is 3.70. The van der Waals surface area contributed by atoms with E-state index in [4.69, 9.17) is 4.74 Å². The summed E-state index contributed by atoms with van der Waals surface area (Å²) < 4.78 is 10.0. The largest absolute Gasteiger partial charge is 0.465 e. The lowest BCUT2D eigenvalue weighted by atomic mass is 10.2. The number of benzene rings is 1. The third-order valence-electron chi connectivity index (χ3n) is 2.44. The summed E-state index contributed by atoms with van der Waals surface area (Å²) in [5, 5.41) is 10.5. The van der Waals surface area contributed by atoms with Gasteiger partial charge in [0.05, 0.1) is 12.0 Å². The number of aromatic nitrogens is 1. The zero-order valence-corrected chi connectivity index (χ0v) is 10.5. The van der Waals surface area contributed by atoms with Gasteiger partial charge in [0.15, 0.2) is 0 Å². The Morgan fingerprint density at radius 3 is 2.55 bits per heavy atom. The van der Waals surface area contributed by atoms with Crippen molar-refractivity contribution >= 4 is 11.7 Å². The Morgan fingerprint density at radius 2 is 1.95 bits per heavy atom. The van der Waals surface area contributed by atoms with Crippen LogP contribution in [0.5, 0.6) is 11.6 Å². The fourth-order valence-electron chi connectivity index (χ4n) is 1.48. The average molecular weight is 274 g/mol. The summed E-state index contributed by atoms with van der Waals surface area (Å²) in [5.74, 6) is -0.164. The quantitative estimate of drug-likeness (QED) is 0.483. The van der Waals surface area contributed by atoms with Crippen LogP contribution < -0.4 is 4.74 Å². The lowest BCUT2D eigenvalue weighted by molar-refractivity contribution is -0.384. The van der Waals surface area contributed by atoms with Crippen molar-refractivity contribution in [2.24, 2.45) is 0 Å². The van der Waals surface area contributed by atoms with Gasteiger partial charge < -0.3 is 9.47 Å². The summed E-state index contributed by atoms with van der Waals surface area (Å²) in [4.78, 5) is 25.5. The number of esters is 1. The third-order valence-corrected chi connectivity index (χ3v) is 2.44. The van der Waals surface area contributed by atoms with Crippen LogP contribution in [0.15, 0.2) is 42.6 Å². The van der Waals surface area contributed by atoms with Gasteiger partial charge in [-0.2, -0.15) is 0 Å². The SMILES string of the molecule is COC(=O)c1cccnc1Oc1ccc([N+](=O)[O-])cc1. The first-order chi connectivity index (χ1) is 9.61. The number of nitro benzene ring substituents is 1. The molecule has 0 saturated carbocycles. The van der Waals surface area contributed by atoms with Gasteiger partial charge in [-0.1, -0.05) is 0 Å². The molecule has 0 N–H and O–H groups in total. The van der Waals surface area contributed by atoms with Gasteiger partial charge in [-0.05, 0) is 24.3 Å². The normalized spacial score (nSPS) is 9.85. The topological polar surface area (TPSA) is 91.6 Å². The molecule has 0 saturated heterocycles. The van der Waals surface area contributed by atoms with Gasteiger partial charge in [0.1, 0.15) is 11.3 Å². The Balaban J connectivity index is 2.26. The second kappa shape index (κ2) is 5.79. The van der Waals surface area contributed by atoms with E-state index in [9.17, 15) is 14.9 Å². The molecular weight excluding hydrogens is 264 g/mol. The Labute approximate surface area is 113 Å². The minimum absolute atomic E-state index is 0.0495. The smallest absolute Gasteiger partial charge is 0.343 e. The highest BCUT2D eigenvalue weighted by atomic mass is 16.6. The molecule has 102 valence electrons. The molecule has 1 aromatic carbocycles. The monoisotopic (exact) mass is 274 g/mol. The van der Waals surface area contributed by atoms with Crippen LogP contribution in [0, 0.1) is 10.1 Å². The molecule has 0 aliphatic heterocycles. The number of hydrogen-bond donors (Lipinski definition) is 0. The number of carbonyl (C=O) groups excluding carboxylic acids is 1. The Kier molecular flexibility index (Phi) is 3.90. The summed E-state index contributed by atoms with van der Waals surface area (Å²) in [6.07, 6.45) is 1.47. The summed E-state index contributed by atoms with van der Waals surface area (Å²) in [6, 6.07) is 8.54. The highest BCUT2D eigenvalue weighted by Gasteiger charge is 2.14. The van der Waals surface area contributed by atoms with E-state index in [2.05, 4.69) is 9.72 Å². The molecule has 2 rings (SSSR count). The molecule has 0 atom stereocenters. The predicted octanol–water partition coefficient (Wildman–Crippen LogP) is 2.57. The van der Waals surface area contributed by atoms with Crippen LogP contribution in [0.3, 0.4) is 0 Å². The van der Waals surface area contributed by atoms with Crippen molar-refractivity contribution < 1.29 is 19.2 Å². The summed E-state index contributed by atoms with van der Waals surface area (Å²) in [7, 11) is 1.25. The van der Waals surface area contributed by atoms with Gasteiger partial charge in [0.25, 0.3) is 5.69 Å². The lowest BCUT2D eigenvalue weighted by Crippen LogP contribution is -2.04. The third kappa shape index (κ3) is 2.89. The molecule has 1 aromatic heterocycles. The summed E-state index contributed by atoms with van der Waals surface area (Å²) in [5.41, 5.74) is 0.125. The van der Waals surface area contributed by atoms with Crippen molar-refractivity contribution in [3.8, 4) is 11.6 Å². The first-order valence-electron chi connectivity index (χ1n) is 5.57. The fraction of sp³-hybridized carbons (Fsp3) is 0.0769. The zero-order valence-electron chi connectivity index (χ0n) is 10.5. The van der Waals surface area contributed by atoms with E-state index in [1.54, 1.807) is 6.07 Å². The van der Waals surface area contributed by atoms with Gasteiger partial charge >= 0.3 is 5.97 Å². The van der Waals surface area contributed by atoms with Crippen LogP contribution in [0.25, 0.3) is 0 Å². The van der Waals surface area contributed by atoms with E-state index in [0.29, 0.717) is 5.75 Å². The van der Waals surface area contributed by atoms with Gasteiger partial charge in [-0.3, -0.25) is 10.1 Å². The minimum Gasteiger partial charge on any atom is -0.465 e. The van der Waals surface area contributed by atoms with Crippen LogP contribution >= 0.6 is 0 Å². The van der Waals surface area contributed by atoms with Gasteiger partial charge in [-0.15, -0.1) is 0 Å². The molecule has 0 amide bonds. The number of hydrogen-bond acceptors (Lipinski definition) is 6. The molecule has 0 spiro atoms. The molecule has 0 fully saturated rings. The Bertz CT molecular complexity index is 639. The highest BCUT2D eigenvalue weighted by molar-refractivity contribution is 5.91. The maximum Gasteiger partial charge on any atom is 0.343 e. The van der Waals surface area contributed by atoms with E-state index >= 15 is 0 Å². The van der Waals surface area contributed by atoms with E-state index < -0.39 is 10.9 Å². The van der Waals surface area contributed by atoms with E-state index in [-0.39, 0.29) is 17.1 Å². The van der Waals surface area contributed by atoms with E-state index in [1.807, 2.05) is 0 Å². The Hall–Kier alpha value is -2.96. The molecule has 0 unspecified atom stereocenters. The van der Waals surface area contributed by atoms with Crippen LogP contribution in [0.4, 0.5) is 5.69 Å². The molecule has 1 heterocycles. The standard InChI is InChI=1S/C13H10N2O5/c1-19-13(16)11-3-2-8-14-12(11)20-10-6-4-9(5-7-10)15(17)18/h2-8H,1H3. The van der Waals surface area contributed by atoms with Crippen molar-refractivity contribution in [2.45, 2.75) is 0 Å². The van der Waals surface area contributed by atoms with Gasteiger partial charge in [0.2, 0.25) is 5.88 Å². The first-order valence-corrected chi connectivity index (χ1v) is 5.57. The van der Waals surface area contributed by atoms with Gasteiger partial charge in [0, 0.05) is 18.3 Å². The van der Waals surface area contributed by atoms with Crippen molar-refractivity contribution in [2.75, 3.05) is 7.11 Å². The van der Waals surface area contributed by atoms with Crippen molar-refractivity contribution in [1.82, 2.24) is 4.98 Å². The zero-order chi connectivity index (χ0) is 14.5. The van der Waals surface area contributed by atoms with E-state index in [0.717, 1.165) is 0 Å². The number of non-ortho nitro benzene ring substituents is 1. The lowest BCUT2D eigenvalue weighted by Gasteiger charge is -2.08. The molecule has 0 aliphatic rings. The van der Waals surface area contributed by atoms with Crippen LogP contribution in [0.2, 0.25) is 0 Å². The molecule has 7 heteroatoms. The maximum atomic E-state index is 11.5. The van der Waals surface area contributed by atoms with Crippen molar-refractivity contribution in [3.05, 3.63) is 58.3 Å². The average Bonchev–Trinajstić information content (AvgIpc) is 2.47.